The number of methoxy groups -OCH3 is 1. The van der Waals surface area contributed by atoms with Crippen LogP contribution in [0.25, 0.3) is 0 Å². The van der Waals surface area contributed by atoms with Crippen LogP contribution in [0.3, 0.4) is 0 Å². The molecule has 2 rings (SSSR count). The summed E-state index contributed by atoms with van der Waals surface area (Å²) in [5.41, 5.74) is 1.01. The fourth-order valence-electron chi connectivity index (χ4n) is 1.96. The summed E-state index contributed by atoms with van der Waals surface area (Å²) in [6, 6.07) is 11.2. The first-order chi connectivity index (χ1) is 10.3. The van der Waals surface area contributed by atoms with Crippen molar-refractivity contribution in [2.75, 3.05) is 11.8 Å². The van der Waals surface area contributed by atoms with E-state index in [1.807, 2.05) is 0 Å². The van der Waals surface area contributed by atoms with Gasteiger partial charge in [-0.1, -0.05) is 34.1 Å². The van der Waals surface area contributed by atoms with E-state index in [0.717, 1.165) is 0 Å². The Morgan fingerprint density at radius 1 is 1.18 bits per heavy atom. The number of rotatable bonds is 4. The van der Waals surface area contributed by atoms with E-state index in [4.69, 9.17) is 4.74 Å². The Morgan fingerprint density at radius 3 is 2.50 bits per heavy atom. The first-order valence-electron chi connectivity index (χ1n) is 6.31. The number of benzene rings is 2. The molecule has 0 unspecified atom stereocenters. The van der Waals surface area contributed by atoms with Crippen molar-refractivity contribution in [3.8, 4) is 0 Å². The minimum absolute atomic E-state index is 0.0965. The number of sulfonamides is 1. The van der Waals surface area contributed by atoms with Gasteiger partial charge in [-0.15, -0.1) is 0 Å². The normalized spacial score (nSPS) is 11.0. The highest BCUT2D eigenvalue weighted by Gasteiger charge is 2.20. The number of anilines is 1. The van der Waals surface area contributed by atoms with E-state index in [1.165, 1.54) is 25.3 Å². The number of hydrogen-bond acceptors (Lipinski definition) is 4. The van der Waals surface area contributed by atoms with Crippen molar-refractivity contribution in [3.05, 3.63) is 58.1 Å². The standard InChI is InChI=1S/C15H14BrNO4S/c1-10-5-3-8-13(14(10)15(18)21-2)17-22(19,20)12-7-4-6-11(16)9-12/h3-9,17H,1-2H3. The van der Waals surface area contributed by atoms with Crippen molar-refractivity contribution < 1.29 is 17.9 Å². The van der Waals surface area contributed by atoms with Gasteiger partial charge >= 0.3 is 5.97 Å². The molecular formula is C15H14BrNO4S. The Morgan fingerprint density at radius 2 is 1.86 bits per heavy atom. The number of nitrogens with one attached hydrogen (secondary N) is 1. The molecule has 22 heavy (non-hydrogen) atoms. The van der Waals surface area contributed by atoms with Crippen LogP contribution < -0.4 is 4.72 Å². The first-order valence-corrected chi connectivity index (χ1v) is 8.59. The average molecular weight is 384 g/mol. The molecule has 0 aliphatic heterocycles. The van der Waals surface area contributed by atoms with Gasteiger partial charge in [-0.25, -0.2) is 13.2 Å². The number of hydrogen-bond donors (Lipinski definition) is 1. The molecule has 0 heterocycles. The van der Waals surface area contributed by atoms with Gasteiger partial charge in [0.25, 0.3) is 10.0 Å². The van der Waals surface area contributed by atoms with Gasteiger partial charge in [0.15, 0.2) is 0 Å². The highest BCUT2D eigenvalue weighted by Crippen LogP contribution is 2.24. The lowest BCUT2D eigenvalue weighted by Crippen LogP contribution is -2.17. The van der Waals surface area contributed by atoms with Gasteiger partial charge in [0.1, 0.15) is 0 Å². The summed E-state index contributed by atoms with van der Waals surface area (Å²) in [7, 11) is -2.55. The predicted octanol–water partition coefficient (Wildman–Crippen LogP) is 3.34. The van der Waals surface area contributed by atoms with Crippen LogP contribution in [-0.2, 0) is 14.8 Å². The lowest BCUT2D eigenvalue weighted by atomic mass is 10.1. The van der Waals surface area contributed by atoms with Gasteiger partial charge in [0, 0.05) is 4.47 Å². The van der Waals surface area contributed by atoms with Crippen molar-refractivity contribution >= 4 is 37.6 Å². The smallest absolute Gasteiger partial charge is 0.340 e. The van der Waals surface area contributed by atoms with E-state index in [9.17, 15) is 13.2 Å². The fourth-order valence-corrected chi connectivity index (χ4v) is 3.63. The summed E-state index contributed by atoms with van der Waals surface area (Å²) >= 11 is 3.23. The molecule has 0 saturated carbocycles. The number of carbonyl (C=O) groups excluding carboxylic acids is 1. The van der Waals surface area contributed by atoms with Crippen molar-refractivity contribution in [2.24, 2.45) is 0 Å². The van der Waals surface area contributed by atoms with E-state index < -0.39 is 16.0 Å². The molecule has 0 atom stereocenters. The van der Waals surface area contributed by atoms with Crippen molar-refractivity contribution in [1.29, 1.82) is 0 Å². The van der Waals surface area contributed by atoms with E-state index in [2.05, 4.69) is 20.7 Å². The molecule has 0 radical (unpaired) electrons. The molecule has 2 aromatic rings. The maximum atomic E-state index is 12.4. The van der Waals surface area contributed by atoms with Gasteiger partial charge in [-0.05, 0) is 36.8 Å². The third kappa shape index (κ3) is 3.48. The lowest BCUT2D eigenvalue weighted by Gasteiger charge is -2.13. The number of carbonyl (C=O) groups is 1. The monoisotopic (exact) mass is 383 g/mol. The molecule has 1 N–H and O–H groups in total. The Bertz CT molecular complexity index is 818. The maximum Gasteiger partial charge on any atom is 0.340 e. The van der Waals surface area contributed by atoms with E-state index >= 15 is 0 Å². The predicted molar refractivity (Wildman–Crippen MR) is 87.5 cm³/mol. The average Bonchev–Trinajstić information content (AvgIpc) is 2.46. The van der Waals surface area contributed by atoms with Crippen molar-refractivity contribution in [3.63, 3.8) is 0 Å². The summed E-state index contributed by atoms with van der Waals surface area (Å²) in [4.78, 5) is 12.0. The van der Waals surface area contributed by atoms with Crippen LogP contribution in [0.2, 0.25) is 0 Å². The van der Waals surface area contributed by atoms with Crippen molar-refractivity contribution in [1.82, 2.24) is 0 Å². The minimum atomic E-state index is -3.80. The van der Waals surface area contributed by atoms with Crippen LogP contribution in [0.4, 0.5) is 5.69 Å². The molecule has 0 aliphatic rings. The third-order valence-corrected chi connectivity index (χ3v) is 4.87. The Hall–Kier alpha value is -1.86. The van der Waals surface area contributed by atoms with Gasteiger partial charge in [-0.3, -0.25) is 4.72 Å². The second-order valence-electron chi connectivity index (χ2n) is 4.55. The zero-order valence-electron chi connectivity index (χ0n) is 12.0. The van der Waals surface area contributed by atoms with E-state index in [-0.39, 0.29) is 16.1 Å². The highest BCUT2D eigenvalue weighted by molar-refractivity contribution is 9.10. The summed E-state index contributed by atoms with van der Waals surface area (Å²) in [6.45, 7) is 1.71. The molecular weight excluding hydrogens is 370 g/mol. The number of ether oxygens (including phenoxy) is 1. The maximum absolute atomic E-state index is 12.4. The first kappa shape index (κ1) is 16.5. The Balaban J connectivity index is 2.47. The molecule has 116 valence electrons. The second-order valence-corrected chi connectivity index (χ2v) is 7.15. The molecule has 0 amide bonds. The van der Waals surface area contributed by atoms with E-state index in [0.29, 0.717) is 10.0 Å². The minimum Gasteiger partial charge on any atom is -0.465 e. The van der Waals surface area contributed by atoms with Crippen LogP contribution in [0.15, 0.2) is 51.8 Å². The van der Waals surface area contributed by atoms with Crippen LogP contribution >= 0.6 is 15.9 Å². The highest BCUT2D eigenvalue weighted by atomic mass is 79.9. The third-order valence-electron chi connectivity index (χ3n) is 3.01. The van der Waals surface area contributed by atoms with Crippen molar-refractivity contribution in [2.45, 2.75) is 11.8 Å². The summed E-state index contributed by atoms with van der Waals surface area (Å²) in [5.74, 6) is -0.593. The fraction of sp³-hybridized carbons (Fsp3) is 0.133. The topological polar surface area (TPSA) is 72.5 Å². The molecule has 0 saturated heterocycles. The Kier molecular flexibility index (Phi) is 4.87. The lowest BCUT2D eigenvalue weighted by molar-refractivity contribution is 0.0601. The molecule has 5 nitrogen and oxygen atoms in total. The SMILES string of the molecule is COC(=O)c1c(C)cccc1NS(=O)(=O)c1cccc(Br)c1. The largest absolute Gasteiger partial charge is 0.465 e. The summed E-state index contributed by atoms with van der Waals surface area (Å²) < 4.78 is 32.7. The van der Waals surface area contributed by atoms with Crippen LogP contribution in [0, 0.1) is 6.92 Å². The summed E-state index contributed by atoms with van der Waals surface area (Å²) in [6.07, 6.45) is 0. The van der Waals surface area contributed by atoms with Crippen LogP contribution in [-0.4, -0.2) is 21.5 Å². The van der Waals surface area contributed by atoms with Gasteiger partial charge in [0.2, 0.25) is 0 Å². The van der Waals surface area contributed by atoms with Gasteiger partial charge in [-0.2, -0.15) is 0 Å². The molecule has 2 aromatic carbocycles. The molecule has 0 aliphatic carbocycles. The molecule has 0 aromatic heterocycles. The second kappa shape index (κ2) is 6.50. The Labute approximate surface area is 137 Å². The van der Waals surface area contributed by atoms with Gasteiger partial charge < -0.3 is 4.74 Å². The zero-order chi connectivity index (χ0) is 16.3. The molecule has 0 bridgehead atoms. The number of halogens is 1. The zero-order valence-corrected chi connectivity index (χ0v) is 14.4. The molecule has 0 fully saturated rings. The molecule has 7 heteroatoms. The number of aryl methyl sites for hydroxylation is 1. The molecule has 0 spiro atoms. The van der Waals surface area contributed by atoms with E-state index in [1.54, 1.807) is 31.2 Å². The quantitative estimate of drug-likeness (QED) is 0.821. The number of esters is 1. The summed E-state index contributed by atoms with van der Waals surface area (Å²) in [5, 5.41) is 0. The van der Waals surface area contributed by atoms with Crippen LogP contribution in [0.5, 0.6) is 0 Å². The van der Waals surface area contributed by atoms with Crippen LogP contribution in [0.1, 0.15) is 15.9 Å². The van der Waals surface area contributed by atoms with Gasteiger partial charge in [0.05, 0.1) is 23.3 Å².